The van der Waals surface area contributed by atoms with Gasteiger partial charge in [-0.05, 0) is 37.3 Å². The van der Waals surface area contributed by atoms with E-state index in [-0.39, 0.29) is 6.10 Å². The molecule has 0 aliphatic heterocycles. The Hall–Kier alpha value is -1.28. The van der Waals surface area contributed by atoms with Crippen molar-refractivity contribution in [3.63, 3.8) is 0 Å². The van der Waals surface area contributed by atoms with Crippen LogP contribution in [-0.2, 0) is 12.8 Å². The third kappa shape index (κ3) is 2.12. The summed E-state index contributed by atoms with van der Waals surface area (Å²) >= 11 is 0. The van der Waals surface area contributed by atoms with E-state index in [1.807, 2.05) is 6.92 Å². The topological polar surface area (TPSA) is 36.0 Å². The standard InChI is InChI=1S/C14H19NO/c1-3-11-5-4-6-13-12(8-7-10(2)16)9-15-14(11)13/h4-6,9-10,15-16H,3,7-8H2,1-2H3/t10-/m0/s1. The lowest BCUT2D eigenvalue weighted by molar-refractivity contribution is 0.185. The van der Waals surface area contributed by atoms with E-state index in [9.17, 15) is 5.11 Å². The first kappa shape index (κ1) is 11.2. The second-order valence-corrected chi connectivity index (χ2v) is 4.39. The van der Waals surface area contributed by atoms with Crippen molar-refractivity contribution in [2.45, 2.75) is 39.2 Å². The third-order valence-corrected chi connectivity index (χ3v) is 3.10. The van der Waals surface area contributed by atoms with Gasteiger partial charge in [-0.1, -0.05) is 25.1 Å². The molecule has 0 bridgehead atoms. The van der Waals surface area contributed by atoms with Gasteiger partial charge >= 0.3 is 0 Å². The fourth-order valence-corrected chi connectivity index (χ4v) is 2.14. The predicted molar refractivity (Wildman–Crippen MR) is 67.7 cm³/mol. The predicted octanol–water partition coefficient (Wildman–Crippen LogP) is 3.04. The minimum Gasteiger partial charge on any atom is -0.393 e. The number of H-pyrrole nitrogens is 1. The molecule has 0 saturated carbocycles. The summed E-state index contributed by atoms with van der Waals surface area (Å²) < 4.78 is 0. The first-order valence-electron chi connectivity index (χ1n) is 5.98. The smallest absolute Gasteiger partial charge is 0.0515 e. The Balaban J connectivity index is 2.34. The number of fused-ring (bicyclic) bond motifs is 1. The molecule has 0 saturated heterocycles. The summed E-state index contributed by atoms with van der Waals surface area (Å²) in [5.74, 6) is 0. The van der Waals surface area contributed by atoms with Crippen LogP contribution in [0.2, 0.25) is 0 Å². The molecule has 2 heteroatoms. The zero-order chi connectivity index (χ0) is 11.5. The summed E-state index contributed by atoms with van der Waals surface area (Å²) in [6.07, 6.45) is 4.66. The largest absolute Gasteiger partial charge is 0.393 e. The minimum absolute atomic E-state index is 0.223. The van der Waals surface area contributed by atoms with Gasteiger partial charge in [0.15, 0.2) is 0 Å². The fraction of sp³-hybridized carbons (Fsp3) is 0.429. The van der Waals surface area contributed by atoms with E-state index in [4.69, 9.17) is 0 Å². The number of nitrogens with one attached hydrogen (secondary N) is 1. The van der Waals surface area contributed by atoms with Crippen LogP contribution in [0.15, 0.2) is 24.4 Å². The van der Waals surface area contributed by atoms with Crippen LogP contribution in [0.3, 0.4) is 0 Å². The lowest BCUT2D eigenvalue weighted by atomic mass is 10.0. The van der Waals surface area contributed by atoms with Crippen LogP contribution in [0.4, 0.5) is 0 Å². The molecule has 2 aromatic rings. The van der Waals surface area contributed by atoms with Crippen LogP contribution in [0.25, 0.3) is 10.9 Å². The van der Waals surface area contributed by atoms with Gasteiger partial charge in [0.05, 0.1) is 6.10 Å². The SMILES string of the molecule is CCc1cccc2c(CC[C@H](C)O)c[nH]c12. The highest BCUT2D eigenvalue weighted by molar-refractivity contribution is 5.86. The van der Waals surface area contributed by atoms with E-state index in [1.165, 1.54) is 22.0 Å². The van der Waals surface area contributed by atoms with Crippen LogP contribution < -0.4 is 0 Å². The van der Waals surface area contributed by atoms with Crippen LogP contribution >= 0.6 is 0 Å². The van der Waals surface area contributed by atoms with Crippen LogP contribution in [0, 0.1) is 0 Å². The molecule has 0 spiro atoms. The summed E-state index contributed by atoms with van der Waals surface area (Å²) in [5, 5.41) is 10.6. The average Bonchev–Trinajstić information content (AvgIpc) is 2.69. The van der Waals surface area contributed by atoms with Crippen molar-refractivity contribution in [2.24, 2.45) is 0 Å². The van der Waals surface area contributed by atoms with E-state index >= 15 is 0 Å². The Morgan fingerprint density at radius 3 is 2.81 bits per heavy atom. The van der Waals surface area contributed by atoms with Gasteiger partial charge in [-0.15, -0.1) is 0 Å². The van der Waals surface area contributed by atoms with Crippen molar-refractivity contribution in [3.8, 4) is 0 Å². The van der Waals surface area contributed by atoms with Gasteiger partial charge < -0.3 is 10.1 Å². The minimum atomic E-state index is -0.223. The maximum atomic E-state index is 9.31. The number of aliphatic hydroxyl groups is 1. The molecular formula is C14H19NO. The summed E-state index contributed by atoms with van der Waals surface area (Å²) in [4.78, 5) is 3.35. The number of aliphatic hydroxyl groups excluding tert-OH is 1. The van der Waals surface area contributed by atoms with Crippen LogP contribution in [-0.4, -0.2) is 16.2 Å². The van der Waals surface area contributed by atoms with E-state index < -0.39 is 0 Å². The number of para-hydroxylation sites is 1. The molecule has 2 nitrogen and oxygen atoms in total. The maximum Gasteiger partial charge on any atom is 0.0515 e. The summed E-state index contributed by atoms with van der Waals surface area (Å²) in [6.45, 7) is 4.01. The normalized spacial score (nSPS) is 13.2. The number of aromatic amines is 1. The number of benzene rings is 1. The molecular weight excluding hydrogens is 198 g/mol. The Morgan fingerprint density at radius 2 is 2.12 bits per heavy atom. The molecule has 0 radical (unpaired) electrons. The quantitative estimate of drug-likeness (QED) is 0.811. The van der Waals surface area contributed by atoms with Crippen LogP contribution in [0.1, 0.15) is 31.4 Å². The van der Waals surface area contributed by atoms with Crippen LogP contribution in [0.5, 0.6) is 0 Å². The van der Waals surface area contributed by atoms with E-state index in [0.717, 1.165) is 19.3 Å². The van der Waals surface area contributed by atoms with Crippen molar-refractivity contribution in [3.05, 3.63) is 35.5 Å². The van der Waals surface area contributed by atoms with Crippen molar-refractivity contribution in [1.29, 1.82) is 0 Å². The zero-order valence-corrected chi connectivity index (χ0v) is 9.96. The molecule has 86 valence electrons. The Bertz CT molecular complexity index is 471. The summed E-state index contributed by atoms with van der Waals surface area (Å²) in [5.41, 5.74) is 3.93. The third-order valence-electron chi connectivity index (χ3n) is 3.10. The first-order chi connectivity index (χ1) is 7.72. The lowest BCUT2D eigenvalue weighted by Gasteiger charge is -2.03. The first-order valence-corrected chi connectivity index (χ1v) is 5.98. The molecule has 2 N–H and O–H groups in total. The second-order valence-electron chi connectivity index (χ2n) is 4.39. The monoisotopic (exact) mass is 217 g/mol. The number of hydrogen-bond acceptors (Lipinski definition) is 1. The van der Waals surface area contributed by atoms with Gasteiger partial charge in [0.1, 0.15) is 0 Å². The van der Waals surface area contributed by atoms with Crippen molar-refractivity contribution >= 4 is 10.9 Å². The van der Waals surface area contributed by atoms with Gasteiger partial charge in [0.2, 0.25) is 0 Å². The highest BCUT2D eigenvalue weighted by Gasteiger charge is 2.07. The van der Waals surface area contributed by atoms with E-state index in [0.29, 0.717) is 0 Å². The lowest BCUT2D eigenvalue weighted by Crippen LogP contribution is -2.00. The fourth-order valence-electron chi connectivity index (χ4n) is 2.14. The molecule has 1 aromatic heterocycles. The summed E-state index contributed by atoms with van der Waals surface area (Å²) in [7, 11) is 0. The number of rotatable bonds is 4. The number of aryl methyl sites for hydroxylation is 2. The summed E-state index contributed by atoms with van der Waals surface area (Å²) in [6, 6.07) is 6.43. The molecule has 16 heavy (non-hydrogen) atoms. The zero-order valence-electron chi connectivity index (χ0n) is 9.96. The Morgan fingerprint density at radius 1 is 1.31 bits per heavy atom. The number of hydrogen-bond donors (Lipinski definition) is 2. The average molecular weight is 217 g/mol. The molecule has 0 aliphatic rings. The van der Waals surface area contributed by atoms with Gasteiger partial charge in [0.25, 0.3) is 0 Å². The molecule has 0 aliphatic carbocycles. The van der Waals surface area contributed by atoms with Gasteiger partial charge in [0, 0.05) is 17.1 Å². The van der Waals surface area contributed by atoms with Crippen molar-refractivity contribution in [1.82, 2.24) is 4.98 Å². The van der Waals surface area contributed by atoms with Gasteiger partial charge in [-0.3, -0.25) is 0 Å². The van der Waals surface area contributed by atoms with Gasteiger partial charge in [-0.2, -0.15) is 0 Å². The molecule has 1 aromatic carbocycles. The molecule has 0 amide bonds. The van der Waals surface area contributed by atoms with Crippen molar-refractivity contribution in [2.75, 3.05) is 0 Å². The molecule has 0 fully saturated rings. The Kier molecular flexibility index (Phi) is 3.30. The highest BCUT2D eigenvalue weighted by Crippen LogP contribution is 2.23. The Labute approximate surface area is 96.3 Å². The van der Waals surface area contributed by atoms with E-state index in [2.05, 4.69) is 36.3 Å². The number of aromatic nitrogens is 1. The van der Waals surface area contributed by atoms with E-state index in [1.54, 1.807) is 0 Å². The second kappa shape index (κ2) is 4.71. The highest BCUT2D eigenvalue weighted by atomic mass is 16.3. The molecule has 0 unspecified atom stereocenters. The molecule has 1 atom stereocenters. The molecule has 1 heterocycles. The van der Waals surface area contributed by atoms with Crippen molar-refractivity contribution < 1.29 is 5.11 Å². The molecule has 2 rings (SSSR count). The maximum absolute atomic E-state index is 9.31. The van der Waals surface area contributed by atoms with Gasteiger partial charge in [-0.25, -0.2) is 0 Å².